The molecule has 3 heterocycles. The highest BCUT2D eigenvalue weighted by molar-refractivity contribution is 6.40. The number of para-hydroxylation sites is 1. The number of aliphatic hydroxyl groups is 1. The lowest BCUT2D eigenvalue weighted by Gasteiger charge is -2.36. The highest BCUT2D eigenvalue weighted by atomic mass is 35.5. The van der Waals surface area contributed by atoms with Crippen molar-refractivity contribution in [3.05, 3.63) is 63.8 Å². The predicted octanol–water partition coefficient (Wildman–Crippen LogP) is 4.30. The average molecular weight is 608 g/mol. The quantitative estimate of drug-likeness (QED) is 0.345. The summed E-state index contributed by atoms with van der Waals surface area (Å²) in [6.45, 7) is 2.38. The number of fused-ring (bicyclic) bond motifs is 1. The molecule has 3 aromatic rings. The van der Waals surface area contributed by atoms with E-state index in [4.69, 9.17) is 27.9 Å². The van der Waals surface area contributed by atoms with Crippen molar-refractivity contribution < 1.29 is 23.4 Å². The number of amides is 1. The fourth-order valence-corrected chi connectivity index (χ4v) is 5.66. The Morgan fingerprint density at radius 2 is 2.00 bits per heavy atom. The number of alkyl halides is 2. The number of aliphatic hydroxyl groups excluding tert-OH is 1. The summed E-state index contributed by atoms with van der Waals surface area (Å²) in [5.41, 5.74) is 1.64. The van der Waals surface area contributed by atoms with Gasteiger partial charge in [0.05, 0.1) is 29.0 Å². The second-order valence-corrected chi connectivity index (χ2v) is 10.6. The van der Waals surface area contributed by atoms with E-state index in [1.807, 2.05) is 4.90 Å². The molecule has 5 rings (SSSR count). The number of rotatable bonds is 8. The van der Waals surface area contributed by atoms with Gasteiger partial charge in [-0.3, -0.25) is 9.69 Å². The molecular formula is C27H29Cl2F2N7O3. The summed E-state index contributed by atoms with van der Waals surface area (Å²) in [4.78, 5) is 27.3. The number of halogens is 4. The van der Waals surface area contributed by atoms with Crippen LogP contribution in [-0.2, 0) is 4.74 Å². The van der Waals surface area contributed by atoms with Gasteiger partial charge < -0.3 is 30.3 Å². The van der Waals surface area contributed by atoms with Crippen LogP contribution in [0.3, 0.4) is 0 Å². The predicted molar refractivity (Wildman–Crippen MR) is 155 cm³/mol. The van der Waals surface area contributed by atoms with Crippen molar-refractivity contribution in [1.29, 1.82) is 0 Å². The molecule has 3 N–H and O–H groups in total. The van der Waals surface area contributed by atoms with E-state index >= 15 is 0 Å². The van der Waals surface area contributed by atoms with E-state index < -0.39 is 12.5 Å². The Balaban J connectivity index is 1.41. The molecular weight excluding hydrogens is 579 g/mol. The van der Waals surface area contributed by atoms with Gasteiger partial charge in [-0.15, -0.1) is 0 Å². The van der Waals surface area contributed by atoms with Crippen molar-refractivity contribution in [2.75, 3.05) is 67.1 Å². The molecule has 0 spiro atoms. The SMILES string of the molecule is COC[C@H]1CN(c2ccc(Nc3ncc4c(n3)N(C)CN(c3c(Cl)cccc3Cl)C4=O)cc2C(O)C(F)F)CCN1. The first-order chi connectivity index (χ1) is 19.7. The normalized spacial score (nSPS) is 18.1. The Hall–Kier alpha value is -3.29. The molecule has 0 aliphatic carbocycles. The number of carbonyl (C=O) groups excluding carboxylic acids is 1. The standard InChI is InChI=1S/C27H29Cl2F2N7O3/c1-36-14-38(22-19(28)4-3-5-20(22)29)26(40)18-11-33-27(35-25(18)36)34-15-6-7-21(17(10-15)23(39)24(30)31)37-9-8-32-16(12-37)13-41-2/h3-7,10-11,16,23-24,32,39H,8-9,12-14H2,1-2H3,(H,33,34,35)/t16-,23?/m1/s1. The number of ether oxygens (including phenoxy) is 1. The molecule has 2 aliphatic heterocycles. The molecule has 1 unspecified atom stereocenters. The summed E-state index contributed by atoms with van der Waals surface area (Å²) in [6.07, 6.45) is -3.57. The van der Waals surface area contributed by atoms with Gasteiger partial charge in [0.2, 0.25) is 5.95 Å². The smallest absolute Gasteiger partial charge is 0.268 e. The number of methoxy groups -OCH3 is 1. The first kappa shape index (κ1) is 29.2. The fraction of sp³-hybridized carbons (Fsp3) is 0.370. The zero-order valence-corrected chi connectivity index (χ0v) is 23.8. The van der Waals surface area contributed by atoms with Gasteiger partial charge in [0.15, 0.2) is 0 Å². The van der Waals surface area contributed by atoms with Crippen LogP contribution < -0.4 is 25.3 Å². The maximum absolute atomic E-state index is 13.7. The highest BCUT2D eigenvalue weighted by Gasteiger charge is 2.33. The molecule has 1 aromatic heterocycles. The molecule has 0 saturated carbocycles. The minimum Gasteiger partial charge on any atom is -0.383 e. The lowest BCUT2D eigenvalue weighted by atomic mass is 10.0. The lowest BCUT2D eigenvalue weighted by Crippen LogP contribution is -2.52. The van der Waals surface area contributed by atoms with Gasteiger partial charge in [-0.05, 0) is 30.3 Å². The second kappa shape index (κ2) is 12.3. The van der Waals surface area contributed by atoms with Crippen LogP contribution in [0.2, 0.25) is 10.0 Å². The topological polar surface area (TPSA) is 106 Å². The maximum Gasteiger partial charge on any atom is 0.268 e. The molecule has 2 aliphatic rings. The number of benzene rings is 2. The highest BCUT2D eigenvalue weighted by Crippen LogP contribution is 2.38. The van der Waals surface area contributed by atoms with Crippen LogP contribution >= 0.6 is 23.2 Å². The number of carbonyl (C=O) groups is 1. The first-order valence-corrected chi connectivity index (χ1v) is 13.6. The van der Waals surface area contributed by atoms with Crippen LogP contribution in [0.5, 0.6) is 0 Å². The third-order valence-corrected chi connectivity index (χ3v) is 7.58. The van der Waals surface area contributed by atoms with E-state index in [1.165, 1.54) is 17.2 Å². The van der Waals surface area contributed by atoms with E-state index in [9.17, 15) is 18.7 Å². The van der Waals surface area contributed by atoms with Gasteiger partial charge in [-0.25, -0.2) is 13.8 Å². The number of piperazine rings is 1. The van der Waals surface area contributed by atoms with Crippen molar-refractivity contribution in [3.8, 4) is 0 Å². The number of anilines is 5. The maximum atomic E-state index is 13.7. The van der Waals surface area contributed by atoms with E-state index in [1.54, 1.807) is 49.4 Å². The minimum atomic E-state index is -2.98. The summed E-state index contributed by atoms with van der Waals surface area (Å²) in [6, 6.07) is 9.90. The van der Waals surface area contributed by atoms with Gasteiger partial charge in [0.25, 0.3) is 12.3 Å². The second-order valence-electron chi connectivity index (χ2n) is 9.80. The monoisotopic (exact) mass is 607 g/mol. The van der Waals surface area contributed by atoms with E-state index in [0.29, 0.717) is 59.2 Å². The molecule has 10 nitrogen and oxygen atoms in total. The lowest BCUT2D eigenvalue weighted by molar-refractivity contribution is -0.00553. The zero-order chi connectivity index (χ0) is 29.3. The van der Waals surface area contributed by atoms with Crippen LogP contribution in [0.4, 0.5) is 37.6 Å². The van der Waals surface area contributed by atoms with Crippen molar-refractivity contribution in [1.82, 2.24) is 15.3 Å². The number of nitrogens with one attached hydrogen (secondary N) is 2. The average Bonchev–Trinajstić information content (AvgIpc) is 2.95. The van der Waals surface area contributed by atoms with Gasteiger partial charge in [-0.2, -0.15) is 4.98 Å². The van der Waals surface area contributed by atoms with Crippen LogP contribution in [0, 0.1) is 0 Å². The van der Waals surface area contributed by atoms with E-state index in [0.717, 1.165) is 0 Å². The minimum absolute atomic E-state index is 0.0246. The van der Waals surface area contributed by atoms with Crippen LogP contribution in [-0.4, -0.2) is 80.5 Å². The molecule has 2 aromatic carbocycles. The van der Waals surface area contributed by atoms with Crippen molar-refractivity contribution in [2.45, 2.75) is 18.6 Å². The molecule has 2 atom stereocenters. The van der Waals surface area contributed by atoms with Crippen molar-refractivity contribution in [3.63, 3.8) is 0 Å². The molecule has 14 heteroatoms. The molecule has 1 amide bonds. The van der Waals surface area contributed by atoms with Crippen molar-refractivity contribution >= 4 is 57.9 Å². The van der Waals surface area contributed by atoms with Gasteiger partial charge in [-0.1, -0.05) is 29.3 Å². The molecule has 1 saturated heterocycles. The molecule has 218 valence electrons. The number of hydrogen-bond acceptors (Lipinski definition) is 9. The zero-order valence-electron chi connectivity index (χ0n) is 22.3. The Labute approximate surface area is 245 Å². The number of aromatic nitrogens is 2. The Morgan fingerprint density at radius 1 is 1.24 bits per heavy atom. The van der Waals surface area contributed by atoms with Crippen molar-refractivity contribution in [2.24, 2.45) is 0 Å². The fourth-order valence-electron chi connectivity index (χ4n) is 5.06. The summed E-state index contributed by atoms with van der Waals surface area (Å²) in [7, 11) is 3.37. The Bertz CT molecular complexity index is 1410. The van der Waals surface area contributed by atoms with Gasteiger partial charge in [0, 0.05) is 63.0 Å². The van der Waals surface area contributed by atoms with Crippen LogP contribution in [0.1, 0.15) is 22.0 Å². The van der Waals surface area contributed by atoms with E-state index in [-0.39, 0.29) is 35.7 Å². The Morgan fingerprint density at radius 3 is 2.71 bits per heavy atom. The number of nitrogens with zero attached hydrogens (tertiary/aromatic N) is 5. The third kappa shape index (κ3) is 6.02. The largest absolute Gasteiger partial charge is 0.383 e. The van der Waals surface area contributed by atoms with Gasteiger partial charge >= 0.3 is 0 Å². The Kier molecular flexibility index (Phi) is 8.76. The molecule has 0 bridgehead atoms. The summed E-state index contributed by atoms with van der Waals surface area (Å²) in [5, 5.41) is 17.4. The molecule has 41 heavy (non-hydrogen) atoms. The molecule has 0 radical (unpaired) electrons. The van der Waals surface area contributed by atoms with Crippen LogP contribution in [0.15, 0.2) is 42.6 Å². The molecule has 1 fully saturated rings. The summed E-state index contributed by atoms with van der Waals surface area (Å²) in [5.74, 6) is 0.163. The third-order valence-electron chi connectivity index (χ3n) is 6.97. The first-order valence-electron chi connectivity index (χ1n) is 12.9. The number of hydrogen-bond donors (Lipinski definition) is 3. The van der Waals surface area contributed by atoms with Crippen LogP contribution in [0.25, 0.3) is 0 Å². The van der Waals surface area contributed by atoms with E-state index in [2.05, 4.69) is 20.6 Å². The summed E-state index contributed by atoms with van der Waals surface area (Å²) >= 11 is 12.7. The van der Waals surface area contributed by atoms with Gasteiger partial charge in [0.1, 0.15) is 17.5 Å². The summed E-state index contributed by atoms with van der Waals surface area (Å²) < 4.78 is 32.6.